The molecule has 112 valence electrons. The van der Waals surface area contributed by atoms with Gasteiger partial charge in [-0.25, -0.2) is 0 Å². The first kappa shape index (κ1) is 16.5. The quantitative estimate of drug-likeness (QED) is 0.552. The van der Waals surface area contributed by atoms with Crippen LogP contribution >= 0.6 is 0 Å². The van der Waals surface area contributed by atoms with E-state index in [9.17, 15) is 9.59 Å². The Labute approximate surface area is 120 Å². The molecule has 5 heteroatoms. The Morgan fingerprint density at radius 1 is 1.25 bits per heavy atom. The maximum absolute atomic E-state index is 12.3. The Bertz CT molecular complexity index is 368. The number of carbonyl (C=O) groups excluding carboxylic acids is 2. The lowest BCUT2D eigenvalue weighted by atomic mass is 9.68. The van der Waals surface area contributed by atoms with Gasteiger partial charge in [-0.1, -0.05) is 12.8 Å². The number of rotatable bonds is 6. The van der Waals surface area contributed by atoms with Crippen molar-refractivity contribution in [3.63, 3.8) is 0 Å². The van der Waals surface area contributed by atoms with Crippen LogP contribution in [0.2, 0.25) is 0 Å². The molecule has 0 amide bonds. The van der Waals surface area contributed by atoms with E-state index in [0.29, 0.717) is 19.3 Å². The van der Waals surface area contributed by atoms with E-state index < -0.39 is 17.4 Å². The number of nitrogens with zero attached hydrogens (tertiary/aromatic N) is 1. The second-order valence-electron chi connectivity index (χ2n) is 5.18. The Morgan fingerprint density at radius 3 is 2.35 bits per heavy atom. The molecule has 1 atom stereocenters. The molecule has 0 heterocycles. The van der Waals surface area contributed by atoms with E-state index in [1.165, 1.54) is 0 Å². The molecule has 20 heavy (non-hydrogen) atoms. The zero-order chi connectivity index (χ0) is 15.0. The average Bonchev–Trinajstić information content (AvgIpc) is 2.45. The number of nitriles is 1. The van der Waals surface area contributed by atoms with Gasteiger partial charge in [0.1, 0.15) is 0 Å². The molecule has 0 aliphatic heterocycles. The van der Waals surface area contributed by atoms with Crippen molar-refractivity contribution in [3.05, 3.63) is 0 Å². The van der Waals surface area contributed by atoms with Gasteiger partial charge in [-0.3, -0.25) is 9.59 Å². The Kier molecular flexibility index (Phi) is 6.50. The molecule has 0 N–H and O–H groups in total. The summed E-state index contributed by atoms with van der Waals surface area (Å²) in [5, 5.41) is 8.68. The molecule has 0 saturated heterocycles. The number of esters is 2. The van der Waals surface area contributed by atoms with Gasteiger partial charge in [-0.05, 0) is 39.0 Å². The van der Waals surface area contributed by atoms with Gasteiger partial charge in [0, 0.05) is 6.42 Å². The van der Waals surface area contributed by atoms with Crippen LogP contribution < -0.4 is 0 Å². The molecule has 1 fully saturated rings. The minimum absolute atomic E-state index is 0.206. The lowest BCUT2D eigenvalue weighted by molar-refractivity contribution is -0.176. The van der Waals surface area contributed by atoms with E-state index in [4.69, 9.17) is 14.7 Å². The molecule has 0 aromatic rings. The second kappa shape index (κ2) is 7.88. The molecule has 1 aliphatic carbocycles. The van der Waals surface area contributed by atoms with Crippen LogP contribution in [0, 0.1) is 22.7 Å². The van der Waals surface area contributed by atoms with Crippen LogP contribution in [0.1, 0.15) is 52.4 Å². The third-order valence-corrected chi connectivity index (χ3v) is 3.85. The molecule has 0 aromatic carbocycles. The highest BCUT2D eigenvalue weighted by molar-refractivity contribution is 6.00. The molecule has 0 spiro atoms. The summed E-state index contributed by atoms with van der Waals surface area (Å²) in [5.74, 6) is -0.738. The lowest BCUT2D eigenvalue weighted by Gasteiger charge is -2.36. The number of ether oxygens (including phenoxy) is 2. The topological polar surface area (TPSA) is 76.4 Å². The first-order chi connectivity index (χ1) is 9.60. The number of hydrogen-bond acceptors (Lipinski definition) is 5. The van der Waals surface area contributed by atoms with Gasteiger partial charge >= 0.3 is 11.9 Å². The summed E-state index contributed by atoms with van der Waals surface area (Å²) in [5.41, 5.74) is -1.16. The maximum atomic E-state index is 12.3. The summed E-state index contributed by atoms with van der Waals surface area (Å²) in [7, 11) is 0. The van der Waals surface area contributed by atoms with Gasteiger partial charge in [0.25, 0.3) is 0 Å². The Morgan fingerprint density at radius 2 is 1.85 bits per heavy atom. The van der Waals surface area contributed by atoms with Gasteiger partial charge < -0.3 is 9.47 Å². The highest BCUT2D eigenvalue weighted by Crippen LogP contribution is 2.43. The molecule has 0 radical (unpaired) electrons. The van der Waals surface area contributed by atoms with Gasteiger partial charge in [-0.15, -0.1) is 0 Å². The standard InChI is InChI=1S/C15H23NO4/c1-3-19-13(17)15(14(18)20-4-2)9-5-7-12(11-15)8-6-10-16/h12H,3-9,11H2,1-2H3. The predicted octanol–water partition coefficient (Wildman–Crippen LogP) is 2.59. The molecular formula is C15H23NO4. The smallest absolute Gasteiger partial charge is 0.323 e. The van der Waals surface area contributed by atoms with Gasteiger partial charge in [0.05, 0.1) is 19.3 Å². The second-order valence-corrected chi connectivity index (χ2v) is 5.18. The van der Waals surface area contributed by atoms with Crippen LogP contribution in [0.4, 0.5) is 0 Å². The van der Waals surface area contributed by atoms with Crippen LogP contribution in [0.15, 0.2) is 0 Å². The monoisotopic (exact) mass is 281 g/mol. The van der Waals surface area contributed by atoms with Crippen molar-refractivity contribution in [2.75, 3.05) is 13.2 Å². The minimum atomic E-state index is -1.16. The third-order valence-electron chi connectivity index (χ3n) is 3.85. The molecule has 1 aliphatic rings. The fraction of sp³-hybridized carbons (Fsp3) is 0.800. The third kappa shape index (κ3) is 3.72. The molecule has 1 rings (SSSR count). The Hall–Kier alpha value is -1.57. The molecule has 5 nitrogen and oxygen atoms in total. The number of hydrogen-bond donors (Lipinski definition) is 0. The lowest BCUT2D eigenvalue weighted by Crippen LogP contribution is -2.45. The van der Waals surface area contributed by atoms with Crippen molar-refractivity contribution in [3.8, 4) is 6.07 Å². The van der Waals surface area contributed by atoms with E-state index in [1.54, 1.807) is 13.8 Å². The largest absolute Gasteiger partial charge is 0.465 e. The first-order valence-electron chi connectivity index (χ1n) is 7.32. The van der Waals surface area contributed by atoms with Crippen LogP contribution in [0.3, 0.4) is 0 Å². The van der Waals surface area contributed by atoms with Crippen molar-refractivity contribution in [2.24, 2.45) is 11.3 Å². The SMILES string of the molecule is CCOC(=O)C1(C(=O)OCC)CCCC(CCC#N)C1. The van der Waals surface area contributed by atoms with Crippen molar-refractivity contribution < 1.29 is 19.1 Å². The molecule has 1 unspecified atom stereocenters. The van der Waals surface area contributed by atoms with Crippen LogP contribution in [0.25, 0.3) is 0 Å². The van der Waals surface area contributed by atoms with Crippen molar-refractivity contribution >= 4 is 11.9 Å². The summed E-state index contributed by atoms with van der Waals surface area (Å²) >= 11 is 0. The summed E-state index contributed by atoms with van der Waals surface area (Å²) in [6, 6.07) is 2.12. The van der Waals surface area contributed by atoms with Crippen molar-refractivity contribution in [1.29, 1.82) is 5.26 Å². The highest BCUT2D eigenvalue weighted by Gasteiger charge is 2.51. The summed E-state index contributed by atoms with van der Waals surface area (Å²) in [6.07, 6.45) is 3.82. The normalized spacial score (nSPS) is 20.8. The van der Waals surface area contributed by atoms with Gasteiger partial charge in [0.15, 0.2) is 5.41 Å². The molecule has 0 bridgehead atoms. The van der Waals surface area contributed by atoms with Crippen LogP contribution in [-0.2, 0) is 19.1 Å². The summed E-state index contributed by atoms with van der Waals surface area (Å²) < 4.78 is 10.2. The fourth-order valence-electron chi connectivity index (χ4n) is 2.90. The van der Waals surface area contributed by atoms with Crippen LogP contribution in [-0.4, -0.2) is 25.2 Å². The van der Waals surface area contributed by atoms with E-state index >= 15 is 0 Å². The molecular weight excluding hydrogens is 258 g/mol. The fourth-order valence-corrected chi connectivity index (χ4v) is 2.90. The predicted molar refractivity (Wildman–Crippen MR) is 72.5 cm³/mol. The number of carbonyl (C=O) groups is 2. The Balaban J connectivity index is 2.89. The van der Waals surface area contributed by atoms with Crippen molar-refractivity contribution in [1.82, 2.24) is 0 Å². The van der Waals surface area contributed by atoms with Gasteiger partial charge in [0.2, 0.25) is 0 Å². The van der Waals surface area contributed by atoms with E-state index in [1.807, 2.05) is 0 Å². The highest BCUT2D eigenvalue weighted by atomic mass is 16.6. The average molecular weight is 281 g/mol. The van der Waals surface area contributed by atoms with E-state index in [0.717, 1.165) is 19.3 Å². The first-order valence-corrected chi connectivity index (χ1v) is 7.32. The maximum Gasteiger partial charge on any atom is 0.323 e. The zero-order valence-electron chi connectivity index (χ0n) is 12.3. The summed E-state index contributed by atoms with van der Waals surface area (Å²) in [4.78, 5) is 24.5. The van der Waals surface area contributed by atoms with E-state index in [2.05, 4.69) is 6.07 Å². The van der Waals surface area contributed by atoms with Crippen molar-refractivity contribution in [2.45, 2.75) is 52.4 Å². The molecule has 1 saturated carbocycles. The van der Waals surface area contributed by atoms with Gasteiger partial charge in [-0.2, -0.15) is 5.26 Å². The molecule has 0 aromatic heterocycles. The van der Waals surface area contributed by atoms with Crippen LogP contribution in [0.5, 0.6) is 0 Å². The van der Waals surface area contributed by atoms with E-state index in [-0.39, 0.29) is 19.1 Å². The zero-order valence-corrected chi connectivity index (χ0v) is 12.3. The minimum Gasteiger partial charge on any atom is -0.465 e. The summed E-state index contributed by atoms with van der Waals surface area (Å²) in [6.45, 7) is 3.96.